The molecule has 1 amide bonds. The predicted octanol–water partition coefficient (Wildman–Crippen LogP) is 2.62. The van der Waals surface area contributed by atoms with Gasteiger partial charge in [-0.3, -0.25) is 9.59 Å². The van der Waals surface area contributed by atoms with Crippen LogP contribution in [0.2, 0.25) is 0 Å². The van der Waals surface area contributed by atoms with Gasteiger partial charge in [0.05, 0.1) is 5.57 Å². The Kier molecular flexibility index (Phi) is 4.54. The number of hydrogen-bond acceptors (Lipinski definition) is 4. The van der Waals surface area contributed by atoms with Crippen LogP contribution in [0.5, 0.6) is 11.5 Å². The minimum absolute atomic E-state index is 0.0546. The van der Waals surface area contributed by atoms with E-state index in [1.807, 2.05) is 20.8 Å². The number of fused-ring (bicyclic) bond motifs is 1. The standard InChI is InChI=1S/C17H21NO4/c1-4-5-6-18-17(22)15-14(9(2)3)10-7-12(19)13(20)8-11(10)16(15)21/h7-9,19-20H,4-6H2,1-3H3,(H,18,22). The summed E-state index contributed by atoms with van der Waals surface area (Å²) >= 11 is 0. The molecule has 0 bridgehead atoms. The van der Waals surface area contributed by atoms with Crippen LogP contribution in [-0.2, 0) is 4.79 Å². The molecule has 5 heteroatoms. The Hall–Kier alpha value is -2.30. The number of aromatic hydroxyl groups is 2. The lowest BCUT2D eigenvalue weighted by Crippen LogP contribution is -2.29. The Morgan fingerprint density at radius 3 is 2.32 bits per heavy atom. The Morgan fingerprint density at radius 1 is 1.18 bits per heavy atom. The molecule has 0 saturated heterocycles. The van der Waals surface area contributed by atoms with Gasteiger partial charge in [-0.2, -0.15) is 0 Å². The highest BCUT2D eigenvalue weighted by Crippen LogP contribution is 2.42. The smallest absolute Gasteiger partial charge is 0.255 e. The fourth-order valence-electron chi connectivity index (χ4n) is 2.67. The average Bonchev–Trinajstić information content (AvgIpc) is 2.73. The zero-order chi connectivity index (χ0) is 16.4. The Bertz CT molecular complexity index is 659. The fourth-order valence-corrected chi connectivity index (χ4v) is 2.67. The number of phenols is 2. The summed E-state index contributed by atoms with van der Waals surface area (Å²) in [4.78, 5) is 24.9. The Labute approximate surface area is 129 Å². The number of phenolic OH excluding ortho intramolecular Hbond substituents is 2. The summed E-state index contributed by atoms with van der Waals surface area (Å²) in [5.41, 5.74) is 1.52. The molecule has 0 atom stereocenters. The van der Waals surface area contributed by atoms with Gasteiger partial charge in [-0.15, -0.1) is 0 Å². The number of unbranched alkanes of at least 4 members (excludes halogenated alkanes) is 1. The van der Waals surface area contributed by atoms with E-state index in [0.717, 1.165) is 12.8 Å². The lowest BCUT2D eigenvalue weighted by Gasteiger charge is -2.12. The molecule has 0 aliphatic heterocycles. The topological polar surface area (TPSA) is 86.6 Å². The molecule has 5 nitrogen and oxygen atoms in total. The molecule has 1 aliphatic carbocycles. The largest absolute Gasteiger partial charge is 0.504 e. The van der Waals surface area contributed by atoms with Crippen LogP contribution in [0.15, 0.2) is 17.7 Å². The highest BCUT2D eigenvalue weighted by Gasteiger charge is 2.35. The number of allylic oxidation sites excluding steroid dienone is 1. The van der Waals surface area contributed by atoms with Crippen molar-refractivity contribution < 1.29 is 19.8 Å². The average molecular weight is 303 g/mol. The van der Waals surface area contributed by atoms with Crippen LogP contribution < -0.4 is 5.32 Å². The number of ketones is 1. The first kappa shape index (κ1) is 16.1. The molecule has 0 heterocycles. The van der Waals surface area contributed by atoms with Gasteiger partial charge in [0.25, 0.3) is 5.91 Å². The molecule has 0 aromatic heterocycles. The normalized spacial score (nSPS) is 13.7. The second kappa shape index (κ2) is 6.22. The van der Waals surface area contributed by atoms with E-state index in [-0.39, 0.29) is 28.6 Å². The van der Waals surface area contributed by atoms with Gasteiger partial charge in [0, 0.05) is 12.1 Å². The third-order valence-corrected chi connectivity index (χ3v) is 3.77. The molecule has 0 unspecified atom stereocenters. The van der Waals surface area contributed by atoms with Gasteiger partial charge < -0.3 is 15.5 Å². The maximum Gasteiger partial charge on any atom is 0.255 e. The number of nitrogens with one attached hydrogen (secondary N) is 1. The van der Waals surface area contributed by atoms with Crippen molar-refractivity contribution in [2.75, 3.05) is 6.54 Å². The molecule has 3 N–H and O–H groups in total. The summed E-state index contributed by atoms with van der Waals surface area (Å²) in [5, 5.41) is 22.0. The summed E-state index contributed by atoms with van der Waals surface area (Å²) in [5.74, 6) is -1.50. The number of Topliss-reactive ketones (excluding diaryl/α,β-unsaturated/α-hetero) is 1. The van der Waals surface area contributed by atoms with Gasteiger partial charge >= 0.3 is 0 Å². The van der Waals surface area contributed by atoms with Crippen molar-refractivity contribution in [3.05, 3.63) is 28.8 Å². The van der Waals surface area contributed by atoms with Crippen molar-refractivity contribution in [1.29, 1.82) is 0 Å². The first-order valence-corrected chi connectivity index (χ1v) is 7.51. The van der Waals surface area contributed by atoms with E-state index < -0.39 is 11.7 Å². The number of carbonyl (C=O) groups excluding carboxylic acids is 2. The molecule has 0 radical (unpaired) electrons. The van der Waals surface area contributed by atoms with Crippen molar-refractivity contribution in [3.63, 3.8) is 0 Å². The van der Waals surface area contributed by atoms with Gasteiger partial charge in [0.15, 0.2) is 17.3 Å². The molecule has 1 aliphatic rings. The number of rotatable bonds is 5. The second-order valence-electron chi connectivity index (χ2n) is 5.77. The van der Waals surface area contributed by atoms with E-state index in [1.54, 1.807) is 0 Å². The molecule has 0 fully saturated rings. The minimum Gasteiger partial charge on any atom is -0.504 e. The molecular formula is C17H21NO4. The molecular weight excluding hydrogens is 282 g/mol. The molecule has 2 rings (SSSR count). The number of hydrogen-bond donors (Lipinski definition) is 3. The maximum atomic E-state index is 12.5. The third-order valence-electron chi connectivity index (χ3n) is 3.77. The van der Waals surface area contributed by atoms with Gasteiger partial charge in [-0.25, -0.2) is 0 Å². The van der Waals surface area contributed by atoms with E-state index in [9.17, 15) is 19.8 Å². The SMILES string of the molecule is CCCCNC(=O)C1=C(C(C)C)c2cc(O)c(O)cc2C1=O. The lowest BCUT2D eigenvalue weighted by molar-refractivity contribution is -0.117. The summed E-state index contributed by atoms with van der Waals surface area (Å²) in [6, 6.07) is 2.58. The zero-order valence-electron chi connectivity index (χ0n) is 13.1. The van der Waals surface area contributed by atoms with E-state index in [1.165, 1.54) is 12.1 Å². The summed E-state index contributed by atoms with van der Waals surface area (Å²) < 4.78 is 0. The first-order valence-electron chi connectivity index (χ1n) is 7.51. The van der Waals surface area contributed by atoms with Crippen molar-refractivity contribution in [1.82, 2.24) is 5.32 Å². The predicted molar refractivity (Wildman–Crippen MR) is 83.8 cm³/mol. The van der Waals surface area contributed by atoms with Crippen LogP contribution in [0.1, 0.15) is 49.5 Å². The summed E-state index contributed by atoms with van der Waals surface area (Å²) in [6.07, 6.45) is 1.80. The van der Waals surface area contributed by atoms with Crippen LogP contribution >= 0.6 is 0 Å². The number of carbonyl (C=O) groups is 2. The van der Waals surface area contributed by atoms with Crippen LogP contribution in [0.4, 0.5) is 0 Å². The van der Waals surface area contributed by atoms with Crippen molar-refractivity contribution in [3.8, 4) is 11.5 Å². The summed E-state index contributed by atoms with van der Waals surface area (Å²) in [7, 11) is 0. The minimum atomic E-state index is -0.400. The van der Waals surface area contributed by atoms with Gasteiger partial charge in [0.1, 0.15) is 0 Å². The van der Waals surface area contributed by atoms with Gasteiger partial charge in [-0.1, -0.05) is 27.2 Å². The fraction of sp³-hybridized carbons (Fsp3) is 0.412. The van der Waals surface area contributed by atoms with E-state index in [4.69, 9.17) is 0 Å². The quantitative estimate of drug-likeness (QED) is 0.443. The molecule has 0 saturated carbocycles. The van der Waals surface area contributed by atoms with Crippen molar-refractivity contribution in [2.24, 2.45) is 5.92 Å². The zero-order valence-corrected chi connectivity index (χ0v) is 13.1. The van der Waals surface area contributed by atoms with E-state index in [0.29, 0.717) is 17.7 Å². The van der Waals surface area contributed by atoms with Crippen LogP contribution in [0.25, 0.3) is 5.57 Å². The molecule has 1 aromatic carbocycles. The second-order valence-corrected chi connectivity index (χ2v) is 5.77. The Balaban J connectivity index is 2.47. The molecule has 1 aromatic rings. The van der Waals surface area contributed by atoms with Gasteiger partial charge in [-0.05, 0) is 35.6 Å². The van der Waals surface area contributed by atoms with Gasteiger partial charge in [0.2, 0.25) is 0 Å². The lowest BCUT2D eigenvalue weighted by atomic mass is 9.94. The monoisotopic (exact) mass is 303 g/mol. The number of benzene rings is 1. The first-order chi connectivity index (χ1) is 10.4. The summed E-state index contributed by atoms with van der Waals surface area (Å²) in [6.45, 7) is 6.32. The van der Waals surface area contributed by atoms with Crippen LogP contribution in [-0.4, -0.2) is 28.4 Å². The maximum absolute atomic E-state index is 12.5. The Morgan fingerprint density at radius 2 is 1.77 bits per heavy atom. The molecule has 118 valence electrons. The van der Waals surface area contributed by atoms with Crippen molar-refractivity contribution in [2.45, 2.75) is 33.6 Å². The van der Waals surface area contributed by atoms with Crippen LogP contribution in [0.3, 0.4) is 0 Å². The number of amides is 1. The highest BCUT2D eigenvalue weighted by atomic mass is 16.3. The van der Waals surface area contributed by atoms with E-state index in [2.05, 4.69) is 5.32 Å². The van der Waals surface area contributed by atoms with E-state index >= 15 is 0 Å². The molecule has 0 spiro atoms. The molecule has 22 heavy (non-hydrogen) atoms. The highest BCUT2D eigenvalue weighted by molar-refractivity contribution is 6.34. The third kappa shape index (κ3) is 2.71. The van der Waals surface area contributed by atoms with Crippen molar-refractivity contribution >= 4 is 17.3 Å². The van der Waals surface area contributed by atoms with Crippen LogP contribution in [0, 0.1) is 5.92 Å².